The van der Waals surface area contributed by atoms with Gasteiger partial charge in [-0.25, -0.2) is 4.39 Å². The molecule has 0 saturated carbocycles. The maximum Gasteiger partial charge on any atom is 0.307 e. The summed E-state index contributed by atoms with van der Waals surface area (Å²) < 4.78 is 18.0. The van der Waals surface area contributed by atoms with E-state index < -0.39 is 17.8 Å². The highest BCUT2D eigenvalue weighted by atomic mass is 35.5. The Morgan fingerprint density at radius 3 is 2.62 bits per heavy atom. The lowest BCUT2D eigenvalue weighted by molar-refractivity contribution is -0.141. The monoisotopic (exact) mass is 338 g/mol. The molecule has 1 unspecified atom stereocenters. The molecule has 1 aromatic rings. The highest BCUT2D eigenvalue weighted by Crippen LogP contribution is 2.22. The maximum absolute atomic E-state index is 13.5. The van der Waals surface area contributed by atoms with Gasteiger partial charge in [0.2, 0.25) is 5.91 Å². The molecule has 1 amide bonds. The minimum absolute atomic E-state index is 0. The summed E-state index contributed by atoms with van der Waals surface area (Å²) in [5.41, 5.74) is 0.446. The van der Waals surface area contributed by atoms with Crippen LogP contribution in [0.4, 0.5) is 4.39 Å². The van der Waals surface area contributed by atoms with Gasteiger partial charge in [0, 0.05) is 0 Å². The summed E-state index contributed by atoms with van der Waals surface area (Å²) in [4.78, 5) is 23.0. The Kier molecular flexibility index (Phi) is 8.92. The molecule has 0 spiro atoms. The lowest BCUT2D eigenvalue weighted by Gasteiger charge is -2.18. The van der Waals surface area contributed by atoms with Crippen molar-refractivity contribution >= 4 is 35.9 Å². The summed E-state index contributed by atoms with van der Waals surface area (Å²) in [5.74, 6) is -1.42. The van der Waals surface area contributed by atoms with E-state index in [4.69, 9.17) is 11.6 Å². The Morgan fingerprint density at radius 1 is 1.43 bits per heavy atom. The van der Waals surface area contributed by atoms with Crippen molar-refractivity contribution in [3.8, 4) is 0 Å². The van der Waals surface area contributed by atoms with Gasteiger partial charge in [-0.1, -0.05) is 17.7 Å². The Bertz CT molecular complexity index is 500. The molecule has 8 heteroatoms. The third-order valence-electron chi connectivity index (χ3n) is 2.62. The number of esters is 1. The van der Waals surface area contributed by atoms with Crippen LogP contribution in [0, 0.1) is 5.82 Å². The first-order valence-corrected chi connectivity index (χ1v) is 6.31. The van der Waals surface area contributed by atoms with Gasteiger partial charge in [0.05, 0.1) is 31.1 Å². The van der Waals surface area contributed by atoms with E-state index in [0.29, 0.717) is 5.56 Å². The lowest BCUT2D eigenvalue weighted by atomic mass is 10.0. The molecule has 0 aromatic heterocycles. The number of amides is 1. The summed E-state index contributed by atoms with van der Waals surface area (Å²) in [7, 11) is 2.87. The van der Waals surface area contributed by atoms with Crippen LogP contribution in [0.5, 0.6) is 0 Å². The van der Waals surface area contributed by atoms with Crippen LogP contribution < -0.4 is 10.6 Å². The molecule has 0 fully saturated rings. The molecule has 1 rings (SSSR count). The number of ether oxygens (including phenoxy) is 1. The van der Waals surface area contributed by atoms with Crippen LogP contribution >= 0.6 is 24.0 Å². The van der Waals surface area contributed by atoms with Crippen molar-refractivity contribution in [2.24, 2.45) is 0 Å². The summed E-state index contributed by atoms with van der Waals surface area (Å²) in [5, 5.41) is 5.30. The van der Waals surface area contributed by atoms with Crippen molar-refractivity contribution in [3.63, 3.8) is 0 Å². The highest BCUT2D eigenvalue weighted by molar-refractivity contribution is 6.30. The zero-order valence-electron chi connectivity index (χ0n) is 11.6. The second kappa shape index (κ2) is 9.55. The first kappa shape index (κ1) is 19.6. The summed E-state index contributed by atoms with van der Waals surface area (Å²) >= 11 is 5.61. The first-order chi connectivity index (χ1) is 9.47. The SMILES string of the molecule is CNCC(=O)NC(CC(=O)OC)c1ccc(Cl)c(F)c1.Cl. The molecule has 2 N–H and O–H groups in total. The van der Waals surface area contributed by atoms with Crippen molar-refractivity contribution in [2.75, 3.05) is 20.7 Å². The maximum atomic E-state index is 13.5. The van der Waals surface area contributed by atoms with Crippen molar-refractivity contribution < 1.29 is 18.7 Å². The minimum Gasteiger partial charge on any atom is -0.469 e. The van der Waals surface area contributed by atoms with Gasteiger partial charge in [-0.15, -0.1) is 12.4 Å². The van der Waals surface area contributed by atoms with Crippen molar-refractivity contribution in [1.29, 1.82) is 0 Å². The van der Waals surface area contributed by atoms with Gasteiger partial charge >= 0.3 is 5.97 Å². The number of carbonyl (C=O) groups is 2. The first-order valence-electron chi connectivity index (χ1n) is 5.93. The molecular weight excluding hydrogens is 322 g/mol. The molecule has 0 bridgehead atoms. The fourth-order valence-corrected chi connectivity index (χ4v) is 1.75. The smallest absolute Gasteiger partial charge is 0.307 e. The number of rotatable bonds is 6. The van der Waals surface area contributed by atoms with Crippen molar-refractivity contribution in [2.45, 2.75) is 12.5 Å². The number of benzene rings is 1. The standard InChI is InChI=1S/C13H16ClFN2O3.ClH/c1-16-7-12(18)17-11(6-13(19)20-2)8-3-4-9(14)10(15)5-8;/h3-5,11,16H,6-7H2,1-2H3,(H,17,18);1H. The molecule has 0 aliphatic rings. The van der Waals surface area contributed by atoms with Crippen LogP contribution in [0.15, 0.2) is 18.2 Å². The number of nitrogens with one attached hydrogen (secondary N) is 2. The third kappa shape index (κ3) is 6.29. The molecular formula is C13H17Cl2FN2O3. The quantitative estimate of drug-likeness (QED) is 0.776. The molecule has 0 aliphatic carbocycles. The zero-order chi connectivity index (χ0) is 15.1. The molecule has 0 aliphatic heterocycles. The van der Waals surface area contributed by atoms with E-state index >= 15 is 0 Å². The molecule has 118 valence electrons. The van der Waals surface area contributed by atoms with Crippen LogP contribution in [0.25, 0.3) is 0 Å². The van der Waals surface area contributed by atoms with E-state index in [9.17, 15) is 14.0 Å². The Labute approximate surface area is 133 Å². The van der Waals surface area contributed by atoms with Crippen LogP contribution in [-0.2, 0) is 14.3 Å². The van der Waals surface area contributed by atoms with Gasteiger partial charge in [0.25, 0.3) is 0 Å². The van der Waals surface area contributed by atoms with E-state index in [2.05, 4.69) is 15.4 Å². The average Bonchev–Trinajstić information content (AvgIpc) is 2.41. The van der Waals surface area contributed by atoms with Gasteiger partial charge < -0.3 is 15.4 Å². The molecule has 0 heterocycles. The van der Waals surface area contributed by atoms with E-state index in [0.717, 1.165) is 0 Å². The van der Waals surface area contributed by atoms with Gasteiger partial charge in [0.15, 0.2) is 0 Å². The highest BCUT2D eigenvalue weighted by Gasteiger charge is 2.19. The van der Waals surface area contributed by atoms with Gasteiger partial charge in [-0.3, -0.25) is 9.59 Å². The third-order valence-corrected chi connectivity index (χ3v) is 2.92. The van der Waals surface area contributed by atoms with Crippen LogP contribution in [0.1, 0.15) is 18.0 Å². The van der Waals surface area contributed by atoms with Crippen LogP contribution in [0.2, 0.25) is 5.02 Å². The number of carbonyl (C=O) groups excluding carboxylic acids is 2. The van der Waals surface area contributed by atoms with Gasteiger partial charge in [-0.05, 0) is 24.7 Å². The Morgan fingerprint density at radius 2 is 2.10 bits per heavy atom. The van der Waals surface area contributed by atoms with E-state index in [1.165, 1.54) is 19.2 Å². The Balaban J connectivity index is 0.00000400. The molecule has 1 aromatic carbocycles. The summed E-state index contributed by atoms with van der Waals surface area (Å²) in [6, 6.07) is 3.45. The number of methoxy groups -OCH3 is 1. The topological polar surface area (TPSA) is 67.4 Å². The molecule has 1 atom stereocenters. The fraction of sp³-hybridized carbons (Fsp3) is 0.385. The zero-order valence-corrected chi connectivity index (χ0v) is 13.2. The molecule has 21 heavy (non-hydrogen) atoms. The second-order valence-electron chi connectivity index (χ2n) is 4.10. The van der Waals surface area contributed by atoms with E-state index in [-0.39, 0.29) is 36.3 Å². The second-order valence-corrected chi connectivity index (χ2v) is 4.51. The largest absolute Gasteiger partial charge is 0.469 e. The van der Waals surface area contributed by atoms with E-state index in [1.807, 2.05) is 0 Å². The Hall–Kier alpha value is -1.37. The number of likely N-dealkylation sites (N-methyl/N-ethyl adjacent to an activating group) is 1. The average molecular weight is 339 g/mol. The number of hydrogen-bond acceptors (Lipinski definition) is 4. The molecule has 0 saturated heterocycles. The normalized spacial score (nSPS) is 11.2. The molecule has 5 nitrogen and oxygen atoms in total. The minimum atomic E-state index is -0.671. The van der Waals surface area contributed by atoms with Crippen molar-refractivity contribution in [3.05, 3.63) is 34.6 Å². The summed E-state index contributed by atoms with van der Waals surface area (Å²) in [6.07, 6.45) is -0.0903. The lowest BCUT2D eigenvalue weighted by Crippen LogP contribution is -2.36. The number of hydrogen-bond donors (Lipinski definition) is 2. The van der Waals surface area contributed by atoms with Gasteiger partial charge in [0.1, 0.15) is 5.82 Å². The summed E-state index contributed by atoms with van der Waals surface area (Å²) in [6.45, 7) is 0.0910. The van der Waals surface area contributed by atoms with E-state index in [1.54, 1.807) is 13.1 Å². The fourth-order valence-electron chi connectivity index (χ4n) is 1.64. The number of halogens is 3. The molecule has 0 radical (unpaired) electrons. The van der Waals surface area contributed by atoms with Crippen LogP contribution in [0.3, 0.4) is 0 Å². The van der Waals surface area contributed by atoms with Gasteiger partial charge in [-0.2, -0.15) is 0 Å². The predicted molar refractivity (Wildman–Crippen MR) is 80.1 cm³/mol. The van der Waals surface area contributed by atoms with Crippen molar-refractivity contribution in [1.82, 2.24) is 10.6 Å². The predicted octanol–water partition coefficient (Wildman–Crippen LogP) is 1.84. The van der Waals surface area contributed by atoms with Crippen LogP contribution in [-0.4, -0.2) is 32.6 Å².